The smallest absolute Gasteiger partial charge is 0.144 e. The summed E-state index contributed by atoms with van der Waals surface area (Å²) in [6.07, 6.45) is 1.14. The molecule has 3 rings (SSSR count). The second-order valence-electron chi connectivity index (χ2n) is 4.39. The van der Waals surface area contributed by atoms with Gasteiger partial charge in [0.25, 0.3) is 0 Å². The summed E-state index contributed by atoms with van der Waals surface area (Å²) in [5.74, 6) is 3.01. The first kappa shape index (κ1) is 11.4. The Hall–Kier alpha value is -1.73. The van der Waals surface area contributed by atoms with Gasteiger partial charge >= 0.3 is 0 Å². The molecule has 0 aliphatic carbocycles. The van der Waals surface area contributed by atoms with Crippen LogP contribution in [0.5, 0.6) is 0 Å². The molecule has 1 unspecified atom stereocenters. The molecule has 1 fully saturated rings. The molecule has 1 saturated heterocycles. The lowest BCUT2D eigenvalue weighted by atomic mass is 10.1. The van der Waals surface area contributed by atoms with Gasteiger partial charge in [0.05, 0.1) is 11.1 Å². The molecule has 1 atom stereocenters. The standard InChI is InChI=1S/C14H13N3S/c15-8-11-7-10-3-1-2-4-13(10)17-14(11)16-12-5-6-18-9-12/h1-4,7,12H,5-6,9H2,(H,16,17). The summed E-state index contributed by atoms with van der Waals surface area (Å²) in [4.78, 5) is 4.57. The number of rotatable bonds is 2. The van der Waals surface area contributed by atoms with E-state index in [-0.39, 0.29) is 0 Å². The first-order valence-corrected chi connectivity index (χ1v) is 7.16. The number of hydrogen-bond donors (Lipinski definition) is 1. The second kappa shape index (κ2) is 4.87. The maximum absolute atomic E-state index is 9.22. The molecule has 3 nitrogen and oxygen atoms in total. The van der Waals surface area contributed by atoms with E-state index >= 15 is 0 Å². The molecular weight excluding hydrogens is 242 g/mol. The van der Waals surface area contributed by atoms with Gasteiger partial charge < -0.3 is 5.32 Å². The molecule has 4 heteroatoms. The molecule has 2 aromatic rings. The average Bonchev–Trinajstić information content (AvgIpc) is 2.91. The van der Waals surface area contributed by atoms with Crippen LogP contribution in [0, 0.1) is 11.3 Å². The van der Waals surface area contributed by atoms with Gasteiger partial charge in [-0.1, -0.05) is 18.2 Å². The fourth-order valence-corrected chi connectivity index (χ4v) is 3.31. The zero-order valence-corrected chi connectivity index (χ0v) is 10.7. The van der Waals surface area contributed by atoms with Crippen LogP contribution in [-0.4, -0.2) is 22.5 Å². The lowest BCUT2D eigenvalue weighted by Crippen LogP contribution is -2.19. The third kappa shape index (κ3) is 2.14. The summed E-state index contributed by atoms with van der Waals surface area (Å²) in [6, 6.07) is 12.5. The molecule has 18 heavy (non-hydrogen) atoms. The van der Waals surface area contributed by atoms with Crippen molar-refractivity contribution in [1.82, 2.24) is 4.98 Å². The van der Waals surface area contributed by atoms with E-state index in [4.69, 9.17) is 0 Å². The van der Waals surface area contributed by atoms with Crippen LogP contribution < -0.4 is 5.32 Å². The third-order valence-corrected chi connectivity index (χ3v) is 4.28. The Bertz CT molecular complexity index is 612. The minimum atomic E-state index is 0.441. The van der Waals surface area contributed by atoms with Crippen molar-refractivity contribution in [1.29, 1.82) is 5.26 Å². The van der Waals surface area contributed by atoms with E-state index in [0.717, 1.165) is 28.9 Å². The van der Waals surface area contributed by atoms with Crippen LogP contribution in [0.4, 0.5) is 5.82 Å². The van der Waals surface area contributed by atoms with Crippen molar-refractivity contribution in [2.75, 3.05) is 16.8 Å². The highest BCUT2D eigenvalue weighted by molar-refractivity contribution is 7.99. The molecule has 2 heterocycles. The number of nitrogens with one attached hydrogen (secondary N) is 1. The zero-order valence-electron chi connectivity index (χ0n) is 9.89. The molecule has 90 valence electrons. The maximum atomic E-state index is 9.22. The van der Waals surface area contributed by atoms with Gasteiger partial charge in [0.1, 0.15) is 11.9 Å². The maximum Gasteiger partial charge on any atom is 0.144 e. The van der Waals surface area contributed by atoms with Gasteiger partial charge in [-0.3, -0.25) is 0 Å². The molecular formula is C14H13N3S. The quantitative estimate of drug-likeness (QED) is 0.896. The Morgan fingerprint density at radius 3 is 3.06 bits per heavy atom. The van der Waals surface area contributed by atoms with E-state index in [0.29, 0.717) is 11.6 Å². The van der Waals surface area contributed by atoms with E-state index < -0.39 is 0 Å². The highest BCUT2D eigenvalue weighted by atomic mass is 32.2. The molecule has 1 N–H and O–H groups in total. The van der Waals surface area contributed by atoms with Crippen molar-refractivity contribution in [3.8, 4) is 6.07 Å². The van der Waals surface area contributed by atoms with Gasteiger partial charge in [0.2, 0.25) is 0 Å². The molecule has 1 aromatic heterocycles. The Balaban J connectivity index is 2.01. The summed E-state index contributed by atoms with van der Waals surface area (Å²) in [6.45, 7) is 0. The number of para-hydroxylation sites is 1. The molecule has 0 bridgehead atoms. The predicted octanol–water partition coefficient (Wildman–Crippen LogP) is 3.02. The lowest BCUT2D eigenvalue weighted by Gasteiger charge is -2.13. The summed E-state index contributed by atoms with van der Waals surface area (Å²) in [5.41, 5.74) is 1.57. The summed E-state index contributed by atoms with van der Waals surface area (Å²) < 4.78 is 0. The highest BCUT2D eigenvalue weighted by Gasteiger charge is 2.17. The van der Waals surface area contributed by atoms with Crippen LogP contribution in [0.25, 0.3) is 10.9 Å². The second-order valence-corrected chi connectivity index (χ2v) is 5.54. The molecule has 0 saturated carbocycles. The van der Waals surface area contributed by atoms with Gasteiger partial charge in [-0.2, -0.15) is 17.0 Å². The van der Waals surface area contributed by atoms with Gasteiger partial charge in [0, 0.05) is 17.2 Å². The normalized spacial score (nSPS) is 18.7. The zero-order chi connectivity index (χ0) is 12.4. The fraction of sp³-hybridized carbons (Fsp3) is 0.286. The van der Waals surface area contributed by atoms with Crippen molar-refractivity contribution in [3.05, 3.63) is 35.9 Å². The number of thioether (sulfide) groups is 1. The largest absolute Gasteiger partial charge is 0.365 e. The van der Waals surface area contributed by atoms with Gasteiger partial charge in [-0.05, 0) is 24.3 Å². The van der Waals surface area contributed by atoms with Gasteiger partial charge in [-0.25, -0.2) is 4.98 Å². The van der Waals surface area contributed by atoms with Crippen LogP contribution in [0.2, 0.25) is 0 Å². The number of anilines is 1. The van der Waals surface area contributed by atoms with Crippen molar-refractivity contribution < 1.29 is 0 Å². The number of pyridine rings is 1. The molecule has 1 aliphatic heterocycles. The van der Waals surface area contributed by atoms with Crippen LogP contribution >= 0.6 is 11.8 Å². The van der Waals surface area contributed by atoms with Crippen LogP contribution in [0.3, 0.4) is 0 Å². The van der Waals surface area contributed by atoms with E-state index in [1.165, 1.54) is 5.75 Å². The third-order valence-electron chi connectivity index (χ3n) is 3.11. The minimum Gasteiger partial charge on any atom is -0.365 e. The Kier molecular flexibility index (Phi) is 3.07. The highest BCUT2D eigenvalue weighted by Crippen LogP contribution is 2.24. The Morgan fingerprint density at radius 1 is 1.39 bits per heavy atom. The number of aromatic nitrogens is 1. The number of fused-ring (bicyclic) bond motifs is 1. The molecule has 0 spiro atoms. The SMILES string of the molecule is N#Cc1cc2ccccc2nc1NC1CCSC1. The monoisotopic (exact) mass is 255 g/mol. The van der Waals surface area contributed by atoms with Crippen molar-refractivity contribution in [2.45, 2.75) is 12.5 Å². The van der Waals surface area contributed by atoms with Crippen LogP contribution in [0.15, 0.2) is 30.3 Å². The van der Waals surface area contributed by atoms with Gasteiger partial charge in [0.15, 0.2) is 0 Å². The number of benzene rings is 1. The Morgan fingerprint density at radius 2 is 2.28 bits per heavy atom. The van der Waals surface area contributed by atoms with E-state index in [1.807, 2.05) is 42.1 Å². The lowest BCUT2D eigenvalue weighted by molar-refractivity contribution is 0.807. The summed E-state index contributed by atoms with van der Waals surface area (Å²) in [5, 5.41) is 13.6. The topological polar surface area (TPSA) is 48.7 Å². The first-order chi connectivity index (χ1) is 8.86. The number of nitrogens with zero attached hydrogens (tertiary/aromatic N) is 2. The predicted molar refractivity (Wildman–Crippen MR) is 75.8 cm³/mol. The minimum absolute atomic E-state index is 0.441. The Labute approximate surface area is 110 Å². The van der Waals surface area contributed by atoms with Gasteiger partial charge in [-0.15, -0.1) is 0 Å². The number of hydrogen-bond acceptors (Lipinski definition) is 4. The molecule has 1 aromatic carbocycles. The molecule has 0 amide bonds. The average molecular weight is 255 g/mol. The van der Waals surface area contributed by atoms with E-state index in [9.17, 15) is 5.26 Å². The van der Waals surface area contributed by atoms with E-state index in [2.05, 4.69) is 16.4 Å². The molecule has 0 radical (unpaired) electrons. The summed E-state index contributed by atoms with van der Waals surface area (Å²) in [7, 11) is 0. The van der Waals surface area contributed by atoms with Crippen molar-refractivity contribution in [3.63, 3.8) is 0 Å². The van der Waals surface area contributed by atoms with E-state index in [1.54, 1.807) is 0 Å². The van der Waals surface area contributed by atoms with Crippen LogP contribution in [-0.2, 0) is 0 Å². The summed E-state index contributed by atoms with van der Waals surface area (Å²) >= 11 is 1.95. The van der Waals surface area contributed by atoms with Crippen LogP contribution in [0.1, 0.15) is 12.0 Å². The fourth-order valence-electron chi connectivity index (χ4n) is 2.15. The van der Waals surface area contributed by atoms with Crippen molar-refractivity contribution >= 4 is 28.5 Å². The van der Waals surface area contributed by atoms with Crippen molar-refractivity contribution in [2.24, 2.45) is 0 Å². The number of nitriles is 1. The first-order valence-electron chi connectivity index (χ1n) is 6.01. The molecule has 1 aliphatic rings.